The van der Waals surface area contributed by atoms with Gasteiger partial charge in [-0.15, -0.1) is 0 Å². The van der Waals surface area contributed by atoms with Crippen LogP contribution in [0.4, 0.5) is 13.2 Å². The predicted molar refractivity (Wildman–Crippen MR) is 91.6 cm³/mol. The van der Waals surface area contributed by atoms with E-state index in [-0.39, 0.29) is 6.04 Å². The summed E-state index contributed by atoms with van der Waals surface area (Å²) in [5.74, 6) is 1.38. The lowest BCUT2D eigenvalue weighted by Crippen LogP contribution is -2.30. The van der Waals surface area contributed by atoms with Crippen molar-refractivity contribution in [2.75, 3.05) is 20.8 Å². The zero-order chi connectivity index (χ0) is 18.7. The maximum absolute atomic E-state index is 12.6. The maximum Gasteiger partial charge on any atom is 0.433 e. The third kappa shape index (κ3) is 3.93. The monoisotopic (exact) mass is 366 g/mol. The van der Waals surface area contributed by atoms with Gasteiger partial charge in [-0.3, -0.25) is 4.98 Å². The molecule has 2 aromatic rings. The summed E-state index contributed by atoms with van der Waals surface area (Å²) in [5, 5.41) is 3.47. The second kappa shape index (κ2) is 7.53. The van der Waals surface area contributed by atoms with E-state index in [1.807, 2.05) is 12.1 Å². The number of ether oxygens (including phenoxy) is 2. The first-order chi connectivity index (χ1) is 12.4. The molecule has 0 bridgehead atoms. The Balaban J connectivity index is 1.74. The van der Waals surface area contributed by atoms with E-state index in [4.69, 9.17) is 9.47 Å². The van der Waals surface area contributed by atoms with Crippen molar-refractivity contribution in [1.82, 2.24) is 10.3 Å². The normalized spacial score (nSPS) is 16.9. The fourth-order valence-corrected chi connectivity index (χ4v) is 3.28. The van der Waals surface area contributed by atoms with Gasteiger partial charge in [0.15, 0.2) is 11.5 Å². The third-order valence-corrected chi connectivity index (χ3v) is 4.64. The first-order valence-electron chi connectivity index (χ1n) is 8.42. The second-order valence-corrected chi connectivity index (χ2v) is 6.25. The highest BCUT2D eigenvalue weighted by molar-refractivity contribution is 5.49. The first kappa shape index (κ1) is 18.5. The van der Waals surface area contributed by atoms with Gasteiger partial charge in [0.25, 0.3) is 0 Å². The van der Waals surface area contributed by atoms with Crippen molar-refractivity contribution in [1.29, 1.82) is 0 Å². The van der Waals surface area contributed by atoms with Crippen LogP contribution in [0.5, 0.6) is 11.5 Å². The minimum absolute atomic E-state index is 0.112. The summed E-state index contributed by atoms with van der Waals surface area (Å²) in [6, 6.07) is 6.62. The molecule has 1 atom stereocenters. The average molecular weight is 366 g/mol. The Bertz CT molecular complexity index is 761. The van der Waals surface area contributed by atoms with Crippen LogP contribution < -0.4 is 14.8 Å². The van der Waals surface area contributed by atoms with E-state index in [9.17, 15) is 13.2 Å². The van der Waals surface area contributed by atoms with Crippen LogP contribution in [0, 0.1) is 0 Å². The van der Waals surface area contributed by atoms with E-state index in [1.165, 1.54) is 17.8 Å². The minimum atomic E-state index is -4.40. The molecule has 0 saturated heterocycles. The summed E-state index contributed by atoms with van der Waals surface area (Å²) < 4.78 is 48.5. The van der Waals surface area contributed by atoms with Crippen LogP contribution in [0.2, 0.25) is 0 Å². The molecule has 1 N–H and O–H groups in total. The minimum Gasteiger partial charge on any atom is -0.493 e. The van der Waals surface area contributed by atoms with E-state index >= 15 is 0 Å². The van der Waals surface area contributed by atoms with Gasteiger partial charge in [0, 0.05) is 12.2 Å². The molecule has 0 spiro atoms. The van der Waals surface area contributed by atoms with E-state index in [0.717, 1.165) is 36.6 Å². The molecular formula is C19H21F3N2O2. The summed E-state index contributed by atoms with van der Waals surface area (Å²) in [5.41, 5.74) is 2.28. The standard InChI is InChI=1S/C19H21F3N2O2/c1-25-16-9-13-7-8-23-15(14(13)10-17(16)26-2)5-3-12-4-6-18(24-11-12)19(20,21)22/h4,6,9-11,15,23H,3,5,7-8H2,1-2H3. The number of halogens is 3. The van der Waals surface area contributed by atoms with Crippen molar-refractivity contribution in [3.05, 3.63) is 52.8 Å². The van der Waals surface area contributed by atoms with Gasteiger partial charge in [-0.25, -0.2) is 0 Å². The summed E-state index contributed by atoms with van der Waals surface area (Å²) in [7, 11) is 3.21. The largest absolute Gasteiger partial charge is 0.493 e. The van der Waals surface area contributed by atoms with E-state index in [1.54, 1.807) is 14.2 Å². The molecule has 140 valence electrons. The average Bonchev–Trinajstić information content (AvgIpc) is 2.64. The molecule has 1 aromatic heterocycles. The van der Waals surface area contributed by atoms with E-state index < -0.39 is 11.9 Å². The number of hydrogen-bond donors (Lipinski definition) is 1. The number of benzene rings is 1. The van der Waals surface area contributed by atoms with Crippen LogP contribution in [-0.4, -0.2) is 25.7 Å². The second-order valence-electron chi connectivity index (χ2n) is 6.25. The molecule has 0 radical (unpaired) electrons. The number of alkyl halides is 3. The van der Waals surface area contributed by atoms with Crippen molar-refractivity contribution >= 4 is 0 Å². The fourth-order valence-electron chi connectivity index (χ4n) is 3.28. The Hall–Kier alpha value is -2.28. The zero-order valence-corrected chi connectivity index (χ0v) is 14.7. The summed E-state index contributed by atoms with van der Waals surface area (Å²) in [6.07, 6.45) is -0.806. The Labute approximate surface area is 150 Å². The number of fused-ring (bicyclic) bond motifs is 1. The topological polar surface area (TPSA) is 43.4 Å². The van der Waals surface area contributed by atoms with E-state index in [2.05, 4.69) is 10.3 Å². The Morgan fingerprint density at radius 1 is 1.15 bits per heavy atom. The van der Waals surface area contributed by atoms with Gasteiger partial charge in [0.1, 0.15) is 5.69 Å². The number of aromatic nitrogens is 1. The molecule has 0 saturated carbocycles. The Kier molecular flexibility index (Phi) is 5.36. The molecule has 26 heavy (non-hydrogen) atoms. The lowest BCUT2D eigenvalue weighted by Gasteiger charge is -2.28. The smallest absolute Gasteiger partial charge is 0.433 e. The van der Waals surface area contributed by atoms with Gasteiger partial charge in [0.05, 0.1) is 14.2 Å². The van der Waals surface area contributed by atoms with Crippen molar-refractivity contribution in [2.45, 2.75) is 31.5 Å². The molecule has 1 aliphatic rings. The van der Waals surface area contributed by atoms with Crippen LogP contribution in [-0.2, 0) is 19.0 Å². The highest BCUT2D eigenvalue weighted by atomic mass is 19.4. The SMILES string of the molecule is COc1cc2c(cc1OC)C(CCc1ccc(C(F)(F)F)nc1)NCC2. The maximum atomic E-state index is 12.6. The molecule has 7 heteroatoms. The molecule has 4 nitrogen and oxygen atoms in total. The number of nitrogens with one attached hydrogen (secondary N) is 1. The first-order valence-corrected chi connectivity index (χ1v) is 8.42. The summed E-state index contributed by atoms with van der Waals surface area (Å²) in [4.78, 5) is 3.53. The molecule has 0 amide bonds. The Morgan fingerprint density at radius 3 is 2.50 bits per heavy atom. The van der Waals surface area contributed by atoms with Gasteiger partial charge in [-0.05, 0) is 60.7 Å². The highest BCUT2D eigenvalue weighted by Gasteiger charge is 2.32. The number of pyridine rings is 1. The lowest BCUT2D eigenvalue weighted by molar-refractivity contribution is -0.141. The predicted octanol–water partition coefficient (Wildman–Crippen LogP) is 3.94. The lowest BCUT2D eigenvalue weighted by atomic mass is 9.90. The van der Waals surface area contributed by atoms with Crippen LogP contribution in [0.15, 0.2) is 30.5 Å². The van der Waals surface area contributed by atoms with Gasteiger partial charge >= 0.3 is 6.18 Å². The molecule has 3 rings (SSSR count). The van der Waals surface area contributed by atoms with Crippen LogP contribution in [0.25, 0.3) is 0 Å². The fraction of sp³-hybridized carbons (Fsp3) is 0.421. The van der Waals surface area contributed by atoms with Crippen molar-refractivity contribution < 1.29 is 22.6 Å². The Morgan fingerprint density at radius 2 is 1.88 bits per heavy atom. The summed E-state index contributed by atoms with van der Waals surface area (Å²) >= 11 is 0. The van der Waals surface area contributed by atoms with Crippen LogP contribution in [0.1, 0.15) is 34.8 Å². The van der Waals surface area contributed by atoms with Crippen LogP contribution in [0.3, 0.4) is 0 Å². The molecule has 1 aliphatic heterocycles. The zero-order valence-electron chi connectivity index (χ0n) is 14.7. The van der Waals surface area contributed by atoms with Gasteiger partial charge in [0.2, 0.25) is 0 Å². The number of rotatable bonds is 5. The molecule has 1 unspecified atom stereocenters. The molecular weight excluding hydrogens is 345 g/mol. The molecule has 0 fully saturated rings. The third-order valence-electron chi connectivity index (χ3n) is 4.64. The van der Waals surface area contributed by atoms with Crippen molar-refractivity contribution in [2.24, 2.45) is 0 Å². The number of hydrogen-bond acceptors (Lipinski definition) is 4. The number of methoxy groups -OCH3 is 2. The van der Waals surface area contributed by atoms with Gasteiger partial charge < -0.3 is 14.8 Å². The number of nitrogens with zero attached hydrogens (tertiary/aromatic N) is 1. The summed E-state index contributed by atoms with van der Waals surface area (Å²) in [6.45, 7) is 0.846. The molecule has 1 aromatic carbocycles. The molecule has 0 aliphatic carbocycles. The molecule has 2 heterocycles. The quantitative estimate of drug-likeness (QED) is 0.871. The van der Waals surface area contributed by atoms with Gasteiger partial charge in [-0.2, -0.15) is 13.2 Å². The van der Waals surface area contributed by atoms with E-state index in [0.29, 0.717) is 17.9 Å². The van der Waals surface area contributed by atoms with Crippen molar-refractivity contribution in [3.8, 4) is 11.5 Å². The van der Waals surface area contributed by atoms with Crippen LogP contribution >= 0.6 is 0 Å². The number of aryl methyl sites for hydroxylation is 1. The van der Waals surface area contributed by atoms with Gasteiger partial charge in [-0.1, -0.05) is 6.07 Å². The van der Waals surface area contributed by atoms with Crippen molar-refractivity contribution in [3.63, 3.8) is 0 Å². The highest BCUT2D eigenvalue weighted by Crippen LogP contribution is 2.36.